The van der Waals surface area contributed by atoms with E-state index in [0.717, 1.165) is 43.1 Å². The lowest BCUT2D eigenvalue weighted by Gasteiger charge is -2.38. The van der Waals surface area contributed by atoms with Crippen LogP contribution in [-0.2, 0) is 6.42 Å². The number of piperidine rings is 1. The molecule has 2 nitrogen and oxygen atoms in total. The molecule has 0 atom stereocenters. The van der Waals surface area contributed by atoms with Gasteiger partial charge in [-0.2, -0.15) is 0 Å². The number of hydrogen-bond acceptors (Lipinski definition) is 2. The lowest BCUT2D eigenvalue weighted by atomic mass is 9.85. The Morgan fingerprint density at radius 2 is 1.94 bits per heavy atom. The molecule has 0 radical (unpaired) electrons. The van der Waals surface area contributed by atoms with E-state index in [-0.39, 0.29) is 0 Å². The maximum atomic E-state index is 10.6. The van der Waals surface area contributed by atoms with Gasteiger partial charge in [0.05, 0.1) is 5.60 Å². The van der Waals surface area contributed by atoms with E-state index in [0.29, 0.717) is 6.42 Å². The molecular formula is C15H22ClNO. The molecule has 2 rings (SSSR count). The molecule has 0 bridgehead atoms. The Bertz CT molecular complexity index is 386. The highest BCUT2D eigenvalue weighted by molar-refractivity contribution is 6.31. The quantitative estimate of drug-likeness (QED) is 0.906. The molecule has 0 amide bonds. The van der Waals surface area contributed by atoms with Crippen molar-refractivity contribution < 1.29 is 5.11 Å². The molecular weight excluding hydrogens is 246 g/mol. The van der Waals surface area contributed by atoms with Gasteiger partial charge in [-0.3, -0.25) is 0 Å². The van der Waals surface area contributed by atoms with Crippen LogP contribution < -0.4 is 0 Å². The van der Waals surface area contributed by atoms with Gasteiger partial charge < -0.3 is 10.0 Å². The molecule has 0 unspecified atom stereocenters. The first-order valence-corrected chi connectivity index (χ1v) is 7.19. The Hall–Kier alpha value is -0.570. The summed E-state index contributed by atoms with van der Waals surface area (Å²) in [6, 6.07) is 7.82. The average Bonchev–Trinajstić information content (AvgIpc) is 2.36. The zero-order valence-electron chi connectivity index (χ0n) is 11.0. The van der Waals surface area contributed by atoms with E-state index in [9.17, 15) is 5.11 Å². The minimum atomic E-state index is -0.574. The van der Waals surface area contributed by atoms with Crippen molar-refractivity contribution in [1.82, 2.24) is 4.90 Å². The summed E-state index contributed by atoms with van der Waals surface area (Å²) in [5.41, 5.74) is 0.487. The first-order valence-electron chi connectivity index (χ1n) is 6.81. The fourth-order valence-corrected chi connectivity index (χ4v) is 2.88. The van der Waals surface area contributed by atoms with Crippen molar-refractivity contribution in [3.63, 3.8) is 0 Å². The molecule has 1 aliphatic heterocycles. The van der Waals surface area contributed by atoms with Crippen molar-refractivity contribution in [2.45, 2.75) is 38.2 Å². The van der Waals surface area contributed by atoms with E-state index in [2.05, 4.69) is 11.8 Å². The summed E-state index contributed by atoms with van der Waals surface area (Å²) in [5.74, 6) is 0. The van der Waals surface area contributed by atoms with E-state index in [1.165, 1.54) is 6.42 Å². The van der Waals surface area contributed by atoms with E-state index >= 15 is 0 Å². The van der Waals surface area contributed by atoms with Gasteiger partial charge in [0.1, 0.15) is 0 Å². The molecule has 1 aromatic rings. The van der Waals surface area contributed by atoms with Crippen LogP contribution in [0.1, 0.15) is 31.7 Å². The Morgan fingerprint density at radius 1 is 1.28 bits per heavy atom. The van der Waals surface area contributed by atoms with Crippen LogP contribution in [0.4, 0.5) is 0 Å². The summed E-state index contributed by atoms with van der Waals surface area (Å²) in [4.78, 5) is 2.43. The van der Waals surface area contributed by atoms with Gasteiger partial charge in [-0.1, -0.05) is 36.7 Å². The topological polar surface area (TPSA) is 23.5 Å². The lowest BCUT2D eigenvalue weighted by molar-refractivity contribution is -0.0204. The number of aliphatic hydroxyl groups is 1. The van der Waals surface area contributed by atoms with E-state index in [1.807, 2.05) is 24.3 Å². The fourth-order valence-electron chi connectivity index (χ4n) is 2.68. The maximum absolute atomic E-state index is 10.6. The van der Waals surface area contributed by atoms with Gasteiger partial charge in [-0.25, -0.2) is 0 Å². The highest BCUT2D eigenvalue weighted by Crippen LogP contribution is 2.29. The van der Waals surface area contributed by atoms with Crippen molar-refractivity contribution in [1.29, 1.82) is 0 Å². The molecule has 1 aliphatic rings. The van der Waals surface area contributed by atoms with Crippen molar-refractivity contribution >= 4 is 11.6 Å². The molecule has 1 fully saturated rings. The number of benzene rings is 1. The first-order chi connectivity index (χ1) is 8.63. The van der Waals surface area contributed by atoms with Crippen molar-refractivity contribution in [3.8, 4) is 0 Å². The first kappa shape index (κ1) is 13.9. The molecule has 0 aliphatic carbocycles. The second-order valence-electron chi connectivity index (χ2n) is 5.33. The van der Waals surface area contributed by atoms with Crippen LogP contribution in [0.3, 0.4) is 0 Å². The van der Waals surface area contributed by atoms with Crippen LogP contribution in [-0.4, -0.2) is 35.2 Å². The van der Waals surface area contributed by atoms with E-state index in [4.69, 9.17) is 11.6 Å². The second kappa shape index (κ2) is 6.05. The van der Waals surface area contributed by atoms with Crippen LogP contribution >= 0.6 is 11.6 Å². The summed E-state index contributed by atoms with van der Waals surface area (Å²) in [7, 11) is 0. The standard InChI is InChI=1S/C15H22ClNO/c1-2-9-17-10-7-15(18,8-11-17)12-13-5-3-4-6-14(13)16/h3-6,18H,2,7-12H2,1H3. The molecule has 18 heavy (non-hydrogen) atoms. The van der Waals surface area contributed by atoms with Crippen LogP contribution in [0.15, 0.2) is 24.3 Å². The summed E-state index contributed by atoms with van der Waals surface area (Å²) in [6.45, 7) is 5.33. The molecule has 0 saturated carbocycles. The van der Waals surface area contributed by atoms with Gasteiger partial charge in [-0.05, 0) is 37.4 Å². The van der Waals surface area contributed by atoms with Gasteiger partial charge in [0.2, 0.25) is 0 Å². The maximum Gasteiger partial charge on any atom is 0.0712 e. The molecule has 100 valence electrons. The normalized spacial score (nSPS) is 19.9. The van der Waals surface area contributed by atoms with E-state index < -0.39 is 5.60 Å². The zero-order valence-corrected chi connectivity index (χ0v) is 11.8. The Balaban J connectivity index is 1.96. The van der Waals surface area contributed by atoms with E-state index in [1.54, 1.807) is 0 Å². The molecule has 1 heterocycles. The Morgan fingerprint density at radius 3 is 2.56 bits per heavy atom. The number of nitrogens with zero attached hydrogens (tertiary/aromatic N) is 1. The average molecular weight is 268 g/mol. The number of halogens is 1. The van der Waals surface area contributed by atoms with Crippen LogP contribution in [0, 0.1) is 0 Å². The predicted molar refractivity (Wildman–Crippen MR) is 76.1 cm³/mol. The minimum absolute atomic E-state index is 0.574. The number of rotatable bonds is 4. The zero-order chi connectivity index (χ0) is 13.0. The monoisotopic (exact) mass is 267 g/mol. The van der Waals surface area contributed by atoms with Crippen LogP contribution in [0.5, 0.6) is 0 Å². The van der Waals surface area contributed by atoms with Gasteiger partial charge in [0.25, 0.3) is 0 Å². The van der Waals surface area contributed by atoms with Crippen LogP contribution in [0.2, 0.25) is 5.02 Å². The highest BCUT2D eigenvalue weighted by atomic mass is 35.5. The van der Waals surface area contributed by atoms with Gasteiger partial charge in [-0.15, -0.1) is 0 Å². The Kier molecular flexibility index (Phi) is 4.66. The summed E-state index contributed by atoms with van der Waals surface area (Å²) < 4.78 is 0. The van der Waals surface area contributed by atoms with Crippen molar-refractivity contribution in [2.75, 3.05) is 19.6 Å². The minimum Gasteiger partial charge on any atom is -0.389 e. The lowest BCUT2D eigenvalue weighted by Crippen LogP contribution is -2.45. The largest absolute Gasteiger partial charge is 0.389 e. The molecule has 3 heteroatoms. The molecule has 1 N–H and O–H groups in total. The Labute approximate surface area is 115 Å². The third-order valence-electron chi connectivity index (χ3n) is 3.80. The van der Waals surface area contributed by atoms with Crippen molar-refractivity contribution in [2.24, 2.45) is 0 Å². The third kappa shape index (κ3) is 3.47. The summed E-state index contributed by atoms with van der Waals surface area (Å²) in [6.07, 6.45) is 3.55. The molecule has 0 aromatic heterocycles. The molecule has 1 saturated heterocycles. The number of likely N-dealkylation sites (tertiary alicyclic amines) is 1. The number of hydrogen-bond donors (Lipinski definition) is 1. The predicted octanol–water partition coefficient (Wildman–Crippen LogP) is 3.12. The molecule has 0 spiro atoms. The third-order valence-corrected chi connectivity index (χ3v) is 4.17. The van der Waals surface area contributed by atoms with Crippen molar-refractivity contribution in [3.05, 3.63) is 34.9 Å². The summed E-state index contributed by atoms with van der Waals surface area (Å²) in [5, 5.41) is 11.4. The smallest absolute Gasteiger partial charge is 0.0712 e. The highest BCUT2D eigenvalue weighted by Gasteiger charge is 2.32. The van der Waals surface area contributed by atoms with Gasteiger partial charge >= 0.3 is 0 Å². The second-order valence-corrected chi connectivity index (χ2v) is 5.74. The van der Waals surface area contributed by atoms with Crippen LogP contribution in [0.25, 0.3) is 0 Å². The van der Waals surface area contributed by atoms with Gasteiger partial charge in [0.15, 0.2) is 0 Å². The fraction of sp³-hybridized carbons (Fsp3) is 0.600. The van der Waals surface area contributed by atoms with Gasteiger partial charge in [0, 0.05) is 24.5 Å². The summed E-state index contributed by atoms with van der Waals surface area (Å²) >= 11 is 6.16. The molecule has 1 aromatic carbocycles. The SMILES string of the molecule is CCCN1CCC(O)(Cc2ccccc2Cl)CC1.